The molecule has 3 aromatic rings. The first-order chi connectivity index (χ1) is 10.1. The number of aromatic nitrogens is 2. The third kappa shape index (κ3) is 2.18. The summed E-state index contributed by atoms with van der Waals surface area (Å²) in [5.41, 5.74) is 3.66. The molecule has 0 aliphatic carbocycles. The van der Waals surface area contributed by atoms with Gasteiger partial charge in [-0.3, -0.25) is 4.79 Å². The lowest BCUT2D eigenvalue weighted by Crippen LogP contribution is -2.10. The fraction of sp³-hybridized carbons (Fsp3) is 0.176. The Kier molecular flexibility index (Phi) is 3.22. The summed E-state index contributed by atoms with van der Waals surface area (Å²) in [6.07, 6.45) is 0. The van der Waals surface area contributed by atoms with Crippen LogP contribution in [0.3, 0.4) is 0 Å². The number of methoxy groups -OCH3 is 1. The minimum Gasteiger partial charge on any atom is -0.496 e. The standard InChI is InChI=1S/C17H16N2O2/c1-10-8-11(2)15(14(9-10)21-3)16-12-6-4-5-7-13(12)17(20)19-18-16/h4-9H,1-3H3,(H,19,20). The largest absolute Gasteiger partial charge is 0.496 e. The first kappa shape index (κ1) is 13.4. The lowest BCUT2D eigenvalue weighted by molar-refractivity contribution is 0.415. The van der Waals surface area contributed by atoms with E-state index in [-0.39, 0.29) is 5.56 Å². The van der Waals surface area contributed by atoms with E-state index in [2.05, 4.69) is 16.3 Å². The number of hydrogen-bond donors (Lipinski definition) is 1. The van der Waals surface area contributed by atoms with E-state index < -0.39 is 0 Å². The Labute approximate surface area is 122 Å². The molecule has 1 aromatic heterocycles. The number of aryl methyl sites for hydroxylation is 2. The van der Waals surface area contributed by atoms with Crippen LogP contribution < -0.4 is 10.3 Å². The van der Waals surface area contributed by atoms with Crippen LogP contribution in [0.1, 0.15) is 11.1 Å². The molecule has 21 heavy (non-hydrogen) atoms. The summed E-state index contributed by atoms with van der Waals surface area (Å²) in [7, 11) is 1.64. The van der Waals surface area contributed by atoms with E-state index in [9.17, 15) is 4.79 Å². The first-order valence-electron chi connectivity index (χ1n) is 6.75. The van der Waals surface area contributed by atoms with Crippen LogP contribution in [-0.2, 0) is 0 Å². The molecule has 0 saturated carbocycles. The molecule has 106 valence electrons. The number of benzene rings is 2. The van der Waals surface area contributed by atoms with Crippen LogP contribution in [0.25, 0.3) is 22.0 Å². The van der Waals surface area contributed by atoms with Crippen molar-refractivity contribution in [2.24, 2.45) is 0 Å². The Morgan fingerprint density at radius 3 is 2.52 bits per heavy atom. The van der Waals surface area contributed by atoms with Gasteiger partial charge in [0, 0.05) is 10.9 Å². The van der Waals surface area contributed by atoms with E-state index in [4.69, 9.17) is 4.74 Å². The fourth-order valence-electron chi connectivity index (χ4n) is 2.70. The van der Waals surface area contributed by atoms with Crippen molar-refractivity contribution >= 4 is 10.8 Å². The normalized spacial score (nSPS) is 10.8. The van der Waals surface area contributed by atoms with Gasteiger partial charge < -0.3 is 4.74 Å². The van der Waals surface area contributed by atoms with Crippen LogP contribution in [0.2, 0.25) is 0 Å². The van der Waals surface area contributed by atoms with Crippen LogP contribution >= 0.6 is 0 Å². The van der Waals surface area contributed by atoms with Crippen LogP contribution in [0.5, 0.6) is 5.75 Å². The van der Waals surface area contributed by atoms with Crippen molar-refractivity contribution in [2.45, 2.75) is 13.8 Å². The average molecular weight is 280 g/mol. The molecule has 0 bridgehead atoms. The smallest absolute Gasteiger partial charge is 0.272 e. The Morgan fingerprint density at radius 2 is 1.81 bits per heavy atom. The maximum absolute atomic E-state index is 11.9. The number of aromatic amines is 1. The molecule has 0 fully saturated rings. The van der Waals surface area contributed by atoms with Gasteiger partial charge in [-0.25, -0.2) is 5.10 Å². The van der Waals surface area contributed by atoms with Gasteiger partial charge in [0.2, 0.25) is 0 Å². The number of nitrogens with one attached hydrogen (secondary N) is 1. The Bertz CT molecular complexity index is 882. The van der Waals surface area contributed by atoms with Gasteiger partial charge in [0.15, 0.2) is 0 Å². The van der Waals surface area contributed by atoms with Crippen molar-refractivity contribution in [1.82, 2.24) is 10.2 Å². The summed E-state index contributed by atoms with van der Waals surface area (Å²) in [5.74, 6) is 0.761. The van der Waals surface area contributed by atoms with Crippen molar-refractivity contribution in [1.29, 1.82) is 0 Å². The molecule has 0 atom stereocenters. The highest BCUT2D eigenvalue weighted by atomic mass is 16.5. The molecular formula is C17H16N2O2. The maximum Gasteiger partial charge on any atom is 0.272 e. The van der Waals surface area contributed by atoms with Gasteiger partial charge in [0.25, 0.3) is 5.56 Å². The Morgan fingerprint density at radius 1 is 1.10 bits per heavy atom. The van der Waals surface area contributed by atoms with Crippen LogP contribution in [0.15, 0.2) is 41.2 Å². The molecular weight excluding hydrogens is 264 g/mol. The number of rotatable bonds is 2. The van der Waals surface area contributed by atoms with Crippen LogP contribution in [-0.4, -0.2) is 17.3 Å². The molecule has 2 aromatic carbocycles. The summed E-state index contributed by atoms with van der Waals surface area (Å²) >= 11 is 0. The van der Waals surface area contributed by atoms with Gasteiger partial charge in [0.1, 0.15) is 11.4 Å². The number of fused-ring (bicyclic) bond motifs is 1. The molecule has 3 rings (SSSR count). The topological polar surface area (TPSA) is 55.0 Å². The quantitative estimate of drug-likeness (QED) is 0.784. The second-order valence-corrected chi connectivity index (χ2v) is 5.11. The summed E-state index contributed by atoms with van der Waals surface area (Å²) in [6, 6.07) is 11.5. The molecule has 1 N–H and O–H groups in total. The predicted molar refractivity (Wildman–Crippen MR) is 83.8 cm³/mol. The summed E-state index contributed by atoms with van der Waals surface area (Å²) in [6.45, 7) is 4.05. The van der Waals surface area contributed by atoms with Crippen molar-refractivity contribution in [3.63, 3.8) is 0 Å². The zero-order valence-electron chi connectivity index (χ0n) is 12.2. The second kappa shape index (κ2) is 5.05. The average Bonchev–Trinajstić information content (AvgIpc) is 2.48. The van der Waals surface area contributed by atoms with Crippen molar-refractivity contribution < 1.29 is 4.74 Å². The van der Waals surface area contributed by atoms with E-state index >= 15 is 0 Å². The highest BCUT2D eigenvalue weighted by Gasteiger charge is 2.15. The molecule has 0 spiro atoms. The summed E-state index contributed by atoms with van der Waals surface area (Å²) in [5, 5.41) is 8.29. The SMILES string of the molecule is COc1cc(C)cc(C)c1-c1n[nH]c(=O)c2ccccc12. The summed E-state index contributed by atoms with van der Waals surface area (Å²) < 4.78 is 5.51. The van der Waals surface area contributed by atoms with Crippen molar-refractivity contribution in [2.75, 3.05) is 7.11 Å². The minimum atomic E-state index is -0.182. The van der Waals surface area contributed by atoms with E-state index in [0.29, 0.717) is 5.39 Å². The van der Waals surface area contributed by atoms with Crippen molar-refractivity contribution in [3.8, 4) is 17.0 Å². The number of ether oxygens (including phenoxy) is 1. The minimum absolute atomic E-state index is 0.182. The highest BCUT2D eigenvalue weighted by Crippen LogP contribution is 2.35. The first-order valence-corrected chi connectivity index (χ1v) is 6.75. The predicted octanol–water partition coefficient (Wildman–Crippen LogP) is 3.22. The van der Waals surface area contributed by atoms with E-state index in [1.807, 2.05) is 38.1 Å². The molecule has 0 radical (unpaired) electrons. The van der Waals surface area contributed by atoms with Gasteiger partial charge in [-0.15, -0.1) is 0 Å². The van der Waals surface area contributed by atoms with Crippen molar-refractivity contribution in [3.05, 3.63) is 57.9 Å². The third-order valence-electron chi connectivity index (χ3n) is 3.60. The third-order valence-corrected chi connectivity index (χ3v) is 3.60. The van der Waals surface area contributed by atoms with Gasteiger partial charge >= 0.3 is 0 Å². The van der Waals surface area contributed by atoms with Gasteiger partial charge in [-0.2, -0.15) is 5.10 Å². The monoisotopic (exact) mass is 280 g/mol. The fourth-order valence-corrected chi connectivity index (χ4v) is 2.70. The summed E-state index contributed by atoms with van der Waals surface area (Å²) in [4.78, 5) is 11.9. The molecule has 0 aliphatic rings. The van der Waals surface area contributed by atoms with E-state index in [1.54, 1.807) is 13.2 Å². The zero-order chi connectivity index (χ0) is 15.0. The highest BCUT2D eigenvalue weighted by molar-refractivity contribution is 5.95. The maximum atomic E-state index is 11.9. The lowest BCUT2D eigenvalue weighted by Gasteiger charge is -2.13. The zero-order valence-corrected chi connectivity index (χ0v) is 12.2. The molecule has 0 saturated heterocycles. The number of H-pyrrole nitrogens is 1. The molecule has 0 unspecified atom stereocenters. The number of nitrogens with zero attached hydrogens (tertiary/aromatic N) is 1. The van der Waals surface area contributed by atoms with E-state index in [0.717, 1.165) is 33.5 Å². The molecule has 0 aliphatic heterocycles. The number of hydrogen-bond acceptors (Lipinski definition) is 3. The molecule has 4 nitrogen and oxygen atoms in total. The van der Waals surface area contributed by atoms with Gasteiger partial charge in [-0.05, 0) is 37.1 Å². The van der Waals surface area contributed by atoms with Gasteiger partial charge in [0.05, 0.1) is 12.5 Å². The lowest BCUT2D eigenvalue weighted by atomic mass is 9.98. The molecule has 0 amide bonds. The van der Waals surface area contributed by atoms with Gasteiger partial charge in [-0.1, -0.05) is 24.3 Å². The van der Waals surface area contributed by atoms with E-state index in [1.165, 1.54) is 0 Å². The Hall–Kier alpha value is -2.62. The van der Waals surface area contributed by atoms with Crippen LogP contribution in [0.4, 0.5) is 0 Å². The van der Waals surface area contributed by atoms with Crippen LogP contribution in [0, 0.1) is 13.8 Å². The molecule has 1 heterocycles. The molecule has 4 heteroatoms. The second-order valence-electron chi connectivity index (χ2n) is 5.11. The Balaban J connectivity index is 2.42.